The van der Waals surface area contributed by atoms with Crippen molar-refractivity contribution in [3.8, 4) is 0 Å². The number of rotatable bonds is 8. The molecule has 2 nitrogen and oxygen atoms in total. The van der Waals surface area contributed by atoms with Crippen molar-refractivity contribution in [3.63, 3.8) is 0 Å². The second kappa shape index (κ2) is 8.53. The maximum atomic E-state index is 6.41. The molecule has 1 rings (SSSR count). The minimum atomic E-state index is -0.0264. The third-order valence-corrected chi connectivity index (χ3v) is 5.66. The third kappa shape index (κ3) is 5.90. The van der Waals surface area contributed by atoms with Crippen LogP contribution in [0, 0.1) is 17.3 Å². The van der Waals surface area contributed by atoms with Gasteiger partial charge in [-0.05, 0) is 49.4 Å². The highest BCUT2D eigenvalue weighted by atomic mass is 16.5. The van der Waals surface area contributed by atoms with E-state index in [0.717, 1.165) is 25.4 Å². The smallest absolute Gasteiger partial charge is 0.0804 e. The van der Waals surface area contributed by atoms with Gasteiger partial charge in [-0.3, -0.25) is 0 Å². The Labute approximate surface area is 133 Å². The number of hydrogen-bond acceptors (Lipinski definition) is 2. The van der Waals surface area contributed by atoms with Gasteiger partial charge >= 0.3 is 0 Å². The number of unbranched alkanes of at least 4 members (excludes halogenated alkanes) is 1. The summed E-state index contributed by atoms with van der Waals surface area (Å²) >= 11 is 0. The Hall–Kier alpha value is -0.0800. The zero-order valence-electron chi connectivity index (χ0n) is 15.2. The first-order chi connectivity index (χ1) is 9.87. The average Bonchev–Trinajstić information content (AvgIpc) is 2.47. The van der Waals surface area contributed by atoms with Gasteiger partial charge in [-0.15, -0.1) is 0 Å². The van der Waals surface area contributed by atoms with E-state index < -0.39 is 0 Å². The van der Waals surface area contributed by atoms with Crippen molar-refractivity contribution < 1.29 is 4.74 Å². The summed E-state index contributed by atoms with van der Waals surface area (Å²) in [5.41, 5.74) is 6.49. The lowest BCUT2D eigenvalue weighted by molar-refractivity contribution is -0.0924. The van der Waals surface area contributed by atoms with Gasteiger partial charge in [0.1, 0.15) is 0 Å². The van der Waals surface area contributed by atoms with Crippen LogP contribution in [0.5, 0.6) is 0 Å². The first kappa shape index (κ1) is 19.0. The minimum Gasteiger partial charge on any atom is -0.373 e. The maximum Gasteiger partial charge on any atom is 0.0804 e. The zero-order valence-corrected chi connectivity index (χ0v) is 15.2. The Bertz CT molecular complexity index is 274. The quantitative estimate of drug-likeness (QED) is 0.672. The molecule has 0 radical (unpaired) electrons. The molecule has 0 aromatic carbocycles. The van der Waals surface area contributed by atoms with Crippen LogP contribution in [-0.2, 0) is 4.74 Å². The fourth-order valence-electron chi connectivity index (χ4n) is 3.61. The fraction of sp³-hybridized carbons (Fsp3) is 1.00. The van der Waals surface area contributed by atoms with Crippen molar-refractivity contribution >= 4 is 0 Å². The summed E-state index contributed by atoms with van der Waals surface area (Å²) in [7, 11) is 0. The van der Waals surface area contributed by atoms with Crippen LogP contribution in [-0.4, -0.2) is 18.8 Å². The largest absolute Gasteiger partial charge is 0.373 e. The minimum absolute atomic E-state index is 0.0264. The van der Waals surface area contributed by atoms with Crippen LogP contribution in [0.3, 0.4) is 0 Å². The highest BCUT2D eigenvalue weighted by Gasteiger charge is 2.38. The predicted molar refractivity (Wildman–Crippen MR) is 92.5 cm³/mol. The fourth-order valence-corrected chi connectivity index (χ4v) is 3.61. The third-order valence-electron chi connectivity index (χ3n) is 5.66. The van der Waals surface area contributed by atoms with Crippen LogP contribution in [0.1, 0.15) is 86.0 Å². The molecule has 1 saturated carbocycles. The summed E-state index contributed by atoms with van der Waals surface area (Å²) in [6.07, 6.45) is 9.98. The molecule has 1 fully saturated rings. The summed E-state index contributed by atoms with van der Waals surface area (Å²) in [5.74, 6) is 1.54. The molecule has 0 heterocycles. The normalized spacial score (nSPS) is 28.6. The topological polar surface area (TPSA) is 35.2 Å². The van der Waals surface area contributed by atoms with Crippen LogP contribution in [0.25, 0.3) is 0 Å². The summed E-state index contributed by atoms with van der Waals surface area (Å²) in [6.45, 7) is 13.3. The molecule has 1 atom stereocenters. The lowest BCUT2D eigenvalue weighted by atomic mass is 9.68. The van der Waals surface area contributed by atoms with Crippen molar-refractivity contribution in [2.75, 3.05) is 13.2 Å². The van der Waals surface area contributed by atoms with Crippen LogP contribution >= 0.6 is 0 Å². The first-order valence-electron chi connectivity index (χ1n) is 9.21. The van der Waals surface area contributed by atoms with E-state index in [1.807, 2.05) is 0 Å². The standard InChI is InChI=1S/C19H39NO/c1-6-8-9-16(7-2)14-21-19(15-20)12-10-17(11-13-19)18(3,4)5/h16-17H,6-15,20H2,1-5H3. The van der Waals surface area contributed by atoms with E-state index in [1.54, 1.807) is 0 Å². The lowest BCUT2D eigenvalue weighted by Crippen LogP contribution is -2.46. The molecule has 1 unspecified atom stereocenters. The number of ether oxygens (including phenoxy) is 1. The van der Waals surface area contributed by atoms with Gasteiger partial charge in [-0.25, -0.2) is 0 Å². The van der Waals surface area contributed by atoms with Gasteiger partial charge in [-0.2, -0.15) is 0 Å². The molecule has 1 aliphatic carbocycles. The van der Waals surface area contributed by atoms with E-state index in [9.17, 15) is 0 Å². The molecule has 126 valence electrons. The van der Waals surface area contributed by atoms with Crippen LogP contribution in [0.4, 0.5) is 0 Å². The molecule has 21 heavy (non-hydrogen) atoms. The van der Waals surface area contributed by atoms with Crippen molar-refractivity contribution in [2.24, 2.45) is 23.0 Å². The SMILES string of the molecule is CCCCC(CC)COC1(CN)CCC(C(C)(C)C)CC1. The van der Waals surface area contributed by atoms with Gasteiger partial charge in [0.2, 0.25) is 0 Å². The van der Waals surface area contributed by atoms with Crippen molar-refractivity contribution in [1.29, 1.82) is 0 Å². The van der Waals surface area contributed by atoms with E-state index in [-0.39, 0.29) is 5.60 Å². The molecule has 0 saturated heterocycles. The molecule has 0 aromatic heterocycles. The van der Waals surface area contributed by atoms with E-state index in [4.69, 9.17) is 10.5 Å². The van der Waals surface area contributed by atoms with Gasteiger partial charge in [0, 0.05) is 6.54 Å². The Morgan fingerprint density at radius 3 is 2.24 bits per heavy atom. The zero-order chi connectivity index (χ0) is 15.9. The molecule has 0 amide bonds. The summed E-state index contributed by atoms with van der Waals surface area (Å²) in [5, 5.41) is 0. The summed E-state index contributed by atoms with van der Waals surface area (Å²) in [6, 6.07) is 0. The van der Waals surface area contributed by atoms with E-state index in [2.05, 4.69) is 34.6 Å². The molecule has 2 N–H and O–H groups in total. The van der Waals surface area contributed by atoms with E-state index >= 15 is 0 Å². The van der Waals surface area contributed by atoms with Gasteiger partial charge < -0.3 is 10.5 Å². The van der Waals surface area contributed by atoms with Crippen LogP contribution in [0.2, 0.25) is 0 Å². The van der Waals surface area contributed by atoms with Gasteiger partial charge in [-0.1, -0.05) is 53.9 Å². The average molecular weight is 298 g/mol. The molecule has 2 heteroatoms. The van der Waals surface area contributed by atoms with Crippen molar-refractivity contribution in [2.45, 2.75) is 91.6 Å². The molecular formula is C19H39NO. The number of hydrogen-bond donors (Lipinski definition) is 1. The molecule has 0 bridgehead atoms. The van der Waals surface area contributed by atoms with Gasteiger partial charge in [0.05, 0.1) is 12.2 Å². The van der Waals surface area contributed by atoms with Gasteiger partial charge in [0.25, 0.3) is 0 Å². The van der Waals surface area contributed by atoms with Gasteiger partial charge in [0.15, 0.2) is 0 Å². The molecule has 0 spiro atoms. The Kier molecular flexibility index (Phi) is 7.70. The Morgan fingerprint density at radius 2 is 1.81 bits per heavy atom. The molecule has 0 aromatic rings. The van der Waals surface area contributed by atoms with Crippen molar-refractivity contribution in [3.05, 3.63) is 0 Å². The second-order valence-corrected chi connectivity index (χ2v) is 8.25. The molecule has 1 aliphatic rings. The lowest BCUT2D eigenvalue weighted by Gasteiger charge is -2.44. The molecular weight excluding hydrogens is 258 g/mol. The summed E-state index contributed by atoms with van der Waals surface area (Å²) in [4.78, 5) is 0. The van der Waals surface area contributed by atoms with Crippen LogP contribution in [0.15, 0.2) is 0 Å². The second-order valence-electron chi connectivity index (χ2n) is 8.25. The summed E-state index contributed by atoms with van der Waals surface area (Å²) < 4.78 is 6.41. The first-order valence-corrected chi connectivity index (χ1v) is 9.21. The van der Waals surface area contributed by atoms with E-state index in [1.165, 1.54) is 38.5 Å². The molecule has 0 aliphatic heterocycles. The number of nitrogens with two attached hydrogens (primary N) is 1. The highest BCUT2D eigenvalue weighted by Crippen LogP contribution is 2.42. The van der Waals surface area contributed by atoms with Crippen LogP contribution < -0.4 is 5.73 Å². The maximum absolute atomic E-state index is 6.41. The highest BCUT2D eigenvalue weighted by molar-refractivity contribution is 4.91. The Morgan fingerprint density at radius 1 is 1.19 bits per heavy atom. The van der Waals surface area contributed by atoms with Crippen molar-refractivity contribution in [1.82, 2.24) is 0 Å². The van der Waals surface area contributed by atoms with E-state index in [0.29, 0.717) is 17.9 Å². The monoisotopic (exact) mass is 297 g/mol. The Balaban J connectivity index is 2.47. The predicted octanol–water partition coefficient (Wildman–Crippen LogP) is 5.15.